The zero-order valence-electron chi connectivity index (χ0n) is 15.3. The van der Waals surface area contributed by atoms with E-state index in [0.29, 0.717) is 27.2 Å². The summed E-state index contributed by atoms with van der Waals surface area (Å²) in [5.74, 6) is 0.178. The minimum absolute atomic E-state index is 0.0455. The van der Waals surface area contributed by atoms with Crippen LogP contribution in [-0.4, -0.2) is 43.5 Å². The summed E-state index contributed by atoms with van der Waals surface area (Å²) < 4.78 is 5.08. The number of likely N-dealkylation sites (N-methyl/N-ethyl adjacent to an activating group) is 1. The molecule has 0 fully saturated rings. The zero-order chi connectivity index (χ0) is 20.0. The summed E-state index contributed by atoms with van der Waals surface area (Å²) >= 11 is 12.0. The first-order valence-electron chi connectivity index (χ1n) is 8.20. The van der Waals surface area contributed by atoms with Crippen molar-refractivity contribution in [2.45, 2.75) is 13.0 Å². The molecular formula is C19H21Cl2N3O3. The van der Waals surface area contributed by atoms with E-state index in [-0.39, 0.29) is 18.4 Å². The molecule has 6 nitrogen and oxygen atoms in total. The fourth-order valence-electron chi connectivity index (χ4n) is 2.27. The van der Waals surface area contributed by atoms with Gasteiger partial charge in [-0.05, 0) is 56.4 Å². The molecule has 0 saturated carbocycles. The average Bonchev–Trinajstić information content (AvgIpc) is 2.64. The van der Waals surface area contributed by atoms with E-state index in [1.807, 2.05) is 0 Å². The van der Waals surface area contributed by atoms with Gasteiger partial charge < -0.3 is 15.4 Å². The van der Waals surface area contributed by atoms with Crippen LogP contribution in [-0.2, 0) is 9.59 Å². The Kier molecular flexibility index (Phi) is 7.47. The van der Waals surface area contributed by atoms with Gasteiger partial charge in [0.25, 0.3) is 0 Å². The van der Waals surface area contributed by atoms with Gasteiger partial charge in [-0.15, -0.1) is 0 Å². The molecule has 2 aromatic rings. The number of carbonyl (C=O) groups is 2. The number of anilines is 2. The van der Waals surface area contributed by atoms with Crippen molar-refractivity contribution in [1.29, 1.82) is 0 Å². The number of rotatable bonds is 7. The Morgan fingerprint density at radius 2 is 1.78 bits per heavy atom. The molecule has 1 atom stereocenters. The first-order chi connectivity index (χ1) is 12.8. The maximum atomic E-state index is 12.4. The van der Waals surface area contributed by atoms with E-state index in [4.69, 9.17) is 27.9 Å². The average molecular weight is 410 g/mol. The Morgan fingerprint density at radius 3 is 2.41 bits per heavy atom. The number of amides is 2. The number of carbonyl (C=O) groups excluding carboxylic acids is 2. The number of nitrogens with one attached hydrogen (secondary N) is 2. The fraction of sp³-hybridized carbons (Fsp3) is 0.263. The molecular weight excluding hydrogens is 389 g/mol. The number of hydrogen-bond donors (Lipinski definition) is 2. The molecule has 2 rings (SSSR count). The largest absolute Gasteiger partial charge is 0.497 e. The molecule has 0 radical (unpaired) electrons. The van der Waals surface area contributed by atoms with Gasteiger partial charge in [0.1, 0.15) is 5.75 Å². The zero-order valence-corrected chi connectivity index (χ0v) is 16.8. The SMILES string of the molecule is COc1ccc(NC(=O)CN(C)[C@@H](C)C(=O)Nc2cc(Cl)ccc2Cl)cc1. The quantitative estimate of drug-likeness (QED) is 0.727. The highest BCUT2D eigenvalue weighted by Crippen LogP contribution is 2.25. The molecule has 2 N–H and O–H groups in total. The number of ether oxygens (including phenoxy) is 1. The molecule has 0 bridgehead atoms. The summed E-state index contributed by atoms with van der Waals surface area (Å²) in [6.07, 6.45) is 0. The molecule has 0 aromatic heterocycles. The smallest absolute Gasteiger partial charge is 0.241 e. The van der Waals surface area contributed by atoms with E-state index in [1.54, 1.807) is 68.4 Å². The molecule has 2 aromatic carbocycles. The number of methoxy groups -OCH3 is 1. The maximum Gasteiger partial charge on any atom is 0.241 e. The van der Waals surface area contributed by atoms with Crippen LogP contribution in [0.1, 0.15) is 6.92 Å². The Balaban J connectivity index is 1.91. The van der Waals surface area contributed by atoms with Gasteiger partial charge in [-0.2, -0.15) is 0 Å². The molecule has 0 saturated heterocycles. The number of hydrogen-bond acceptors (Lipinski definition) is 4. The van der Waals surface area contributed by atoms with E-state index in [2.05, 4.69) is 10.6 Å². The van der Waals surface area contributed by atoms with Crippen LogP contribution in [0.3, 0.4) is 0 Å². The second-order valence-electron chi connectivity index (χ2n) is 5.98. The highest BCUT2D eigenvalue weighted by atomic mass is 35.5. The fourth-order valence-corrected chi connectivity index (χ4v) is 2.61. The van der Waals surface area contributed by atoms with Crippen LogP contribution < -0.4 is 15.4 Å². The predicted molar refractivity (Wildman–Crippen MR) is 109 cm³/mol. The van der Waals surface area contributed by atoms with Crippen molar-refractivity contribution in [2.24, 2.45) is 0 Å². The highest BCUT2D eigenvalue weighted by Gasteiger charge is 2.21. The van der Waals surface area contributed by atoms with Crippen LogP contribution in [0.15, 0.2) is 42.5 Å². The standard InChI is InChI=1S/C19H21Cl2N3O3/c1-12(19(26)23-17-10-13(20)4-9-16(17)21)24(2)11-18(25)22-14-5-7-15(27-3)8-6-14/h4-10,12H,11H2,1-3H3,(H,22,25)(H,23,26)/t12-/m0/s1. The first kappa shape index (κ1) is 21.0. The van der Waals surface area contributed by atoms with E-state index >= 15 is 0 Å². The van der Waals surface area contributed by atoms with E-state index in [9.17, 15) is 9.59 Å². The monoisotopic (exact) mass is 409 g/mol. The van der Waals surface area contributed by atoms with Gasteiger partial charge in [-0.3, -0.25) is 14.5 Å². The third kappa shape index (κ3) is 6.13. The van der Waals surface area contributed by atoms with Gasteiger partial charge >= 0.3 is 0 Å². The summed E-state index contributed by atoms with van der Waals surface area (Å²) in [4.78, 5) is 26.3. The third-order valence-electron chi connectivity index (χ3n) is 3.99. The summed E-state index contributed by atoms with van der Waals surface area (Å²) in [5.41, 5.74) is 1.08. The molecule has 0 aliphatic heterocycles. The van der Waals surface area contributed by atoms with Crippen molar-refractivity contribution in [3.8, 4) is 5.75 Å². The van der Waals surface area contributed by atoms with E-state index < -0.39 is 6.04 Å². The predicted octanol–water partition coefficient (Wildman–Crippen LogP) is 3.90. The topological polar surface area (TPSA) is 70.7 Å². The highest BCUT2D eigenvalue weighted by molar-refractivity contribution is 6.35. The lowest BCUT2D eigenvalue weighted by atomic mass is 10.2. The minimum atomic E-state index is -0.554. The van der Waals surface area contributed by atoms with Crippen molar-refractivity contribution in [3.63, 3.8) is 0 Å². The maximum absolute atomic E-state index is 12.4. The van der Waals surface area contributed by atoms with Crippen LogP contribution in [0.4, 0.5) is 11.4 Å². The Labute approximate surface area is 168 Å². The normalized spacial score (nSPS) is 11.8. The Morgan fingerprint density at radius 1 is 1.11 bits per heavy atom. The van der Waals surface area contributed by atoms with Crippen molar-refractivity contribution >= 4 is 46.4 Å². The summed E-state index contributed by atoms with van der Waals surface area (Å²) in [6.45, 7) is 1.75. The lowest BCUT2D eigenvalue weighted by Gasteiger charge is -2.23. The third-order valence-corrected chi connectivity index (χ3v) is 4.56. The van der Waals surface area contributed by atoms with Crippen LogP contribution in [0.25, 0.3) is 0 Å². The minimum Gasteiger partial charge on any atom is -0.497 e. The van der Waals surface area contributed by atoms with Gasteiger partial charge in [-0.25, -0.2) is 0 Å². The first-order valence-corrected chi connectivity index (χ1v) is 8.96. The van der Waals surface area contributed by atoms with Crippen molar-refractivity contribution < 1.29 is 14.3 Å². The molecule has 27 heavy (non-hydrogen) atoms. The van der Waals surface area contributed by atoms with Gasteiger partial charge in [0, 0.05) is 10.7 Å². The van der Waals surface area contributed by atoms with E-state index in [0.717, 1.165) is 0 Å². The van der Waals surface area contributed by atoms with Crippen molar-refractivity contribution in [3.05, 3.63) is 52.5 Å². The second kappa shape index (κ2) is 9.60. The molecule has 2 amide bonds. The molecule has 8 heteroatoms. The Bertz CT molecular complexity index is 812. The Hall–Kier alpha value is -2.28. The van der Waals surface area contributed by atoms with E-state index in [1.165, 1.54) is 0 Å². The lowest BCUT2D eigenvalue weighted by molar-refractivity contribution is -0.122. The summed E-state index contributed by atoms with van der Waals surface area (Å²) in [5, 5.41) is 6.36. The number of nitrogens with zero attached hydrogens (tertiary/aromatic N) is 1. The van der Waals surface area contributed by atoms with Gasteiger partial charge in [0.15, 0.2) is 0 Å². The van der Waals surface area contributed by atoms with Gasteiger partial charge in [-0.1, -0.05) is 23.2 Å². The molecule has 0 spiro atoms. The second-order valence-corrected chi connectivity index (χ2v) is 6.82. The lowest BCUT2D eigenvalue weighted by Crippen LogP contribution is -2.43. The van der Waals surface area contributed by atoms with Gasteiger partial charge in [0.2, 0.25) is 11.8 Å². The number of halogens is 2. The summed E-state index contributed by atoms with van der Waals surface area (Å²) in [6, 6.07) is 11.3. The van der Waals surface area contributed by atoms with Crippen LogP contribution in [0, 0.1) is 0 Å². The van der Waals surface area contributed by atoms with Crippen molar-refractivity contribution in [2.75, 3.05) is 31.3 Å². The summed E-state index contributed by atoms with van der Waals surface area (Å²) in [7, 11) is 3.27. The number of benzene rings is 2. The molecule has 0 unspecified atom stereocenters. The van der Waals surface area contributed by atoms with Crippen LogP contribution in [0.5, 0.6) is 5.75 Å². The van der Waals surface area contributed by atoms with Crippen LogP contribution in [0.2, 0.25) is 10.0 Å². The molecule has 0 aliphatic rings. The molecule has 0 aliphatic carbocycles. The molecule has 144 valence electrons. The molecule has 0 heterocycles. The van der Waals surface area contributed by atoms with Gasteiger partial charge in [0.05, 0.1) is 30.4 Å². The van der Waals surface area contributed by atoms with Crippen molar-refractivity contribution in [1.82, 2.24) is 4.90 Å². The van der Waals surface area contributed by atoms with Crippen LogP contribution >= 0.6 is 23.2 Å².